The number of unbranched alkanes of at least 4 members (excludes halogenated alkanes) is 1. The molecule has 2 nitrogen and oxygen atoms in total. The van der Waals surface area contributed by atoms with Crippen LogP contribution in [0.4, 0.5) is 0 Å². The average Bonchev–Trinajstić information content (AvgIpc) is 3.04. The van der Waals surface area contributed by atoms with Gasteiger partial charge in [0.1, 0.15) is 5.60 Å². The van der Waals surface area contributed by atoms with Crippen molar-refractivity contribution < 1.29 is 9.53 Å². The molecule has 2 saturated carbocycles. The summed E-state index contributed by atoms with van der Waals surface area (Å²) in [5.41, 5.74) is 0.768. The molecule has 2 aromatic rings. The predicted molar refractivity (Wildman–Crippen MR) is 124 cm³/mol. The molecule has 0 spiro atoms. The quantitative estimate of drug-likeness (QED) is 0.442. The second-order valence-electron chi connectivity index (χ2n) is 10.8. The molecular formula is C28H38O2. The Labute approximate surface area is 182 Å². The van der Waals surface area contributed by atoms with E-state index in [2.05, 4.69) is 77.1 Å². The van der Waals surface area contributed by atoms with Crippen LogP contribution in [0.25, 0.3) is 10.8 Å². The van der Waals surface area contributed by atoms with Crippen LogP contribution in [0.5, 0.6) is 0 Å². The van der Waals surface area contributed by atoms with Gasteiger partial charge >= 0.3 is 5.97 Å². The van der Waals surface area contributed by atoms with Crippen LogP contribution in [0.1, 0.15) is 85.1 Å². The van der Waals surface area contributed by atoms with Crippen LogP contribution < -0.4 is 0 Å². The van der Waals surface area contributed by atoms with E-state index in [0.29, 0.717) is 18.3 Å². The van der Waals surface area contributed by atoms with Gasteiger partial charge in [-0.25, -0.2) is 0 Å². The zero-order valence-electron chi connectivity index (χ0n) is 19.5. The summed E-state index contributed by atoms with van der Waals surface area (Å²) in [5.74, 6) is 0.948. The maximum atomic E-state index is 13.3. The minimum Gasteiger partial charge on any atom is -0.454 e. The number of rotatable bonds is 7. The molecule has 2 aliphatic carbocycles. The minimum atomic E-state index is -0.540. The van der Waals surface area contributed by atoms with Gasteiger partial charge in [0, 0.05) is 17.4 Å². The highest BCUT2D eigenvalue weighted by molar-refractivity contribution is 5.87. The molecule has 2 aliphatic rings. The monoisotopic (exact) mass is 406 g/mol. The average molecular weight is 407 g/mol. The molecule has 2 aromatic carbocycles. The van der Waals surface area contributed by atoms with Gasteiger partial charge < -0.3 is 4.74 Å². The second kappa shape index (κ2) is 7.70. The summed E-state index contributed by atoms with van der Waals surface area (Å²) < 4.78 is 6.68. The lowest BCUT2D eigenvalue weighted by atomic mass is 9.61. The van der Waals surface area contributed by atoms with Crippen molar-refractivity contribution >= 4 is 16.7 Å². The van der Waals surface area contributed by atoms with E-state index in [4.69, 9.17) is 4.74 Å². The van der Waals surface area contributed by atoms with Crippen LogP contribution in [0.2, 0.25) is 0 Å². The minimum absolute atomic E-state index is 0.0175. The van der Waals surface area contributed by atoms with Gasteiger partial charge in [-0.05, 0) is 47.3 Å². The summed E-state index contributed by atoms with van der Waals surface area (Å²) in [5, 5.41) is 2.46. The third-order valence-electron chi connectivity index (χ3n) is 8.94. The van der Waals surface area contributed by atoms with Crippen molar-refractivity contribution in [2.24, 2.45) is 22.7 Å². The molecule has 4 atom stereocenters. The van der Waals surface area contributed by atoms with Crippen LogP contribution in [-0.4, -0.2) is 5.97 Å². The molecule has 0 N–H and O–H groups in total. The summed E-state index contributed by atoms with van der Waals surface area (Å²) in [7, 11) is 0. The maximum Gasteiger partial charge on any atom is 0.306 e. The zero-order chi connectivity index (χ0) is 21.6. The highest BCUT2D eigenvalue weighted by Crippen LogP contribution is 2.74. The van der Waals surface area contributed by atoms with Crippen molar-refractivity contribution in [1.29, 1.82) is 0 Å². The number of carbonyl (C=O) groups is 1. The maximum absolute atomic E-state index is 13.3. The smallest absolute Gasteiger partial charge is 0.306 e. The van der Waals surface area contributed by atoms with Crippen LogP contribution in [0.3, 0.4) is 0 Å². The number of benzene rings is 2. The Balaban J connectivity index is 1.77. The Hall–Kier alpha value is -1.83. The molecule has 2 heteroatoms. The summed E-state index contributed by atoms with van der Waals surface area (Å²) in [4.78, 5) is 13.3. The number of ether oxygens (including phenoxy) is 1. The Bertz CT molecular complexity index is 924. The standard InChI is InChI=1S/C28H38O2/c1-6-7-11-20(2)18-25(29)30-28(19-22-16-17-27(28,5)26(22,3)4)24-15-10-13-21-12-8-9-14-23(21)24/h8-10,12-15,20,22H,6-7,11,16-19H2,1-5H3/t20-,22+,27+,28-/m0/s1. The van der Waals surface area contributed by atoms with Crippen molar-refractivity contribution in [3.8, 4) is 0 Å². The molecule has 0 unspecified atom stereocenters. The van der Waals surface area contributed by atoms with Crippen LogP contribution in [0.15, 0.2) is 42.5 Å². The third-order valence-corrected chi connectivity index (χ3v) is 8.94. The second-order valence-corrected chi connectivity index (χ2v) is 10.8. The fourth-order valence-electron chi connectivity index (χ4n) is 6.62. The molecular weight excluding hydrogens is 368 g/mol. The van der Waals surface area contributed by atoms with E-state index in [1.54, 1.807) is 0 Å². The van der Waals surface area contributed by atoms with Crippen molar-refractivity contribution in [1.82, 2.24) is 0 Å². The molecule has 2 bridgehead atoms. The first kappa shape index (κ1) is 21.4. The molecule has 30 heavy (non-hydrogen) atoms. The van der Waals surface area contributed by atoms with Crippen molar-refractivity contribution in [2.45, 2.75) is 85.2 Å². The Morgan fingerprint density at radius 1 is 1.13 bits per heavy atom. The molecule has 0 heterocycles. The molecule has 0 saturated heterocycles. The Kier molecular flexibility index (Phi) is 5.49. The topological polar surface area (TPSA) is 26.3 Å². The Morgan fingerprint density at radius 2 is 1.87 bits per heavy atom. The van der Waals surface area contributed by atoms with E-state index < -0.39 is 5.60 Å². The van der Waals surface area contributed by atoms with Gasteiger partial charge in [-0.15, -0.1) is 0 Å². The van der Waals surface area contributed by atoms with Gasteiger partial charge in [0.05, 0.1) is 0 Å². The molecule has 4 rings (SSSR count). The van der Waals surface area contributed by atoms with E-state index in [1.165, 1.54) is 35.6 Å². The van der Waals surface area contributed by atoms with E-state index in [9.17, 15) is 4.79 Å². The van der Waals surface area contributed by atoms with E-state index in [-0.39, 0.29) is 16.8 Å². The number of fused-ring (bicyclic) bond motifs is 3. The first-order valence-corrected chi connectivity index (χ1v) is 12.0. The summed E-state index contributed by atoms with van der Waals surface area (Å²) >= 11 is 0. The third kappa shape index (κ3) is 3.10. The molecule has 162 valence electrons. The largest absolute Gasteiger partial charge is 0.454 e. The summed E-state index contributed by atoms with van der Waals surface area (Å²) in [6.45, 7) is 11.6. The fraction of sp³-hybridized carbons (Fsp3) is 0.607. The highest BCUT2D eigenvalue weighted by Gasteiger charge is 2.71. The zero-order valence-corrected chi connectivity index (χ0v) is 19.5. The van der Waals surface area contributed by atoms with E-state index >= 15 is 0 Å². The number of esters is 1. The van der Waals surface area contributed by atoms with Gasteiger partial charge in [-0.1, -0.05) is 96.3 Å². The first-order valence-electron chi connectivity index (χ1n) is 12.0. The normalized spacial score (nSPS) is 30.5. The Morgan fingerprint density at radius 3 is 2.53 bits per heavy atom. The van der Waals surface area contributed by atoms with Gasteiger partial charge in [-0.3, -0.25) is 4.79 Å². The van der Waals surface area contributed by atoms with Crippen LogP contribution in [0, 0.1) is 22.7 Å². The number of hydrogen-bond acceptors (Lipinski definition) is 2. The van der Waals surface area contributed by atoms with Gasteiger partial charge in [0.15, 0.2) is 0 Å². The van der Waals surface area contributed by atoms with E-state index in [0.717, 1.165) is 19.3 Å². The number of hydrogen-bond donors (Lipinski definition) is 0. The molecule has 0 amide bonds. The molecule has 2 fully saturated rings. The van der Waals surface area contributed by atoms with Crippen LogP contribution >= 0.6 is 0 Å². The van der Waals surface area contributed by atoms with Crippen molar-refractivity contribution in [2.75, 3.05) is 0 Å². The van der Waals surface area contributed by atoms with Gasteiger partial charge in [-0.2, -0.15) is 0 Å². The fourth-order valence-corrected chi connectivity index (χ4v) is 6.62. The predicted octanol–water partition coefficient (Wildman–Crippen LogP) is 7.64. The number of carbonyl (C=O) groups excluding carboxylic acids is 1. The van der Waals surface area contributed by atoms with Crippen molar-refractivity contribution in [3.05, 3.63) is 48.0 Å². The highest BCUT2D eigenvalue weighted by atomic mass is 16.6. The molecule has 0 radical (unpaired) electrons. The lowest BCUT2D eigenvalue weighted by Crippen LogP contribution is -2.48. The first-order chi connectivity index (χ1) is 14.2. The molecule has 0 aliphatic heterocycles. The van der Waals surface area contributed by atoms with Crippen LogP contribution in [-0.2, 0) is 15.1 Å². The summed E-state index contributed by atoms with van der Waals surface area (Å²) in [6.07, 6.45) is 7.27. The molecule has 0 aromatic heterocycles. The van der Waals surface area contributed by atoms with Gasteiger partial charge in [0.2, 0.25) is 0 Å². The van der Waals surface area contributed by atoms with E-state index in [1.807, 2.05) is 0 Å². The lowest BCUT2D eigenvalue weighted by molar-refractivity contribution is -0.183. The summed E-state index contributed by atoms with van der Waals surface area (Å²) in [6, 6.07) is 15.1. The van der Waals surface area contributed by atoms with Crippen molar-refractivity contribution in [3.63, 3.8) is 0 Å². The lowest BCUT2D eigenvalue weighted by Gasteiger charge is -2.48. The van der Waals surface area contributed by atoms with Gasteiger partial charge in [0.25, 0.3) is 0 Å². The SMILES string of the molecule is CCCC[C@H](C)CC(=O)O[C@]1(c2cccc3ccccc23)C[C@H]2CC[C@]1(C)C2(C)C.